The highest BCUT2D eigenvalue weighted by atomic mass is 16.1. The fourth-order valence-electron chi connectivity index (χ4n) is 4.58. The molecule has 0 bridgehead atoms. The minimum Gasteiger partial charge on any atom is -0.352 e. The van der Waals surface area contributed by atoms with Crippen molar-refractivity contribution in [2.45, 2.75) is 44.8 Å². The lowest BCUT2D eigenvalue weighted by atomic mass is 9.93. The molecule has 0 unspecified atom stereocenters. The summed E-state index contributed by atoms with van der Waals surface area (Å²) in [5, 5.41) is 3.11. The highest BCUT2D eigenvalue weighted by molar-refractivity contribution is 5.78. The summed E-state index contributed by atoms with van der Waals surface area (Å²) in [6.07, 6.45) is 11.8. The van der Waals surface area contributed by atoms with Gasteiger partial charge in [0.2, 0.25) is 5.91 Å². The number of hydrogen-bond acceptors (Lipinski definition) is 5. The molecule has 0 spiro atoms. The van der Waals surface area contributed by atoms with E-state index < -0.39 is 0 Å². The van der Waals surface area contributed by atoms with Crippen LogP contribution in [0, 0.1) is 5.92 Å². The first-order valence-corrected chi connectivity index (χ1v) is 10.8. The molecule has 0 saturated carbocycles. The molecule has 1 N–H and O–H groups in total. The first kappa shape index (κ1) is 20.0. The standard InChI is InChI=1S/C23H31N5O/c29-23(26-16-20-3-1-9-25-15-20)21-4-2-12-28(18-21)22-7-13-27(14-8-22)17-19-5-10-24-11-6-19/h1,3,5-6,9-11,15,21-22H,2,4,7-8,12-14,16-18H2,(H,26,29)/t21-/m1/s1. The van der Waals surface area contributed by atoms with E-state index >= 15 is 0 Å². The van der Waals surface area contributed by atoms with Crippen molar-refractivity contribution in [1.82, 2.24) is 25.1 Å². The van der Waals surface area contributed by atoms with E-state index in [4.69, 9.17) is 0 Å². The van der Waals surface area contributed by atoms with Gasteiger partial charge in [-0.05, 0) is 74.6 Å². The maximum atomic E-state index is 12.7. The summed E-state index contributed by atoms with van der Waals surface area (Å²) in [6.45, 7) is 5.85. The predicted octanol–water partition coefficient (Wildman–Crippen LogP) is 2.47. The molecule has 2 saturated heterocycles. The van der Waals surface area contributed by atoms with Crippen LogP contribution in [0.5, 0.6) is 0 Å². The molecular weight excluding hydrogens is 362 g/mol. The molecule has 2 aromatic heterocycles. The summed E-state index contributed by atoms with van der Waals surface area (Å²) in [4.78, 5) is 26.0. The van der Waals surface area contributed by atoms with Crippen LogP contribution in [-0.4, -0.2) is 57.9 Å². The zero-order valence-electron chi connectivity index (χ0n) is 17.0. The van der Waals surface area contributed by atoms with Gasteiger partial charge >= 0.3 is 0 Å². The molecule has 4 heterocycles. The largest absolute Gasteiger partial charge is 0.352 e. The molecule has 6 nitrogen and oxygen atoms in total. The third-order valence-electron chi connectivity index (χ3n) is 6.24. The monoisotopic (exact) mass is 393 g/mol. The highest BCUT2D eigenvalue weighted by Crippen LogP contribution is 2.24. The topological polar surface area (TPSA) is 61.4 Å². The number of rotatable bonds is 6. The average Bonchev–Trinajstić information content (AvgIpc) is 2.79. The van der Waals surface area contributed by atoms with Gasteiger partial charge in [0.25, 0.3) is 0 Å². The van der Waals surface area contributed by atoms with Gasteiger partial charge in [-0.3, -0.25) is 24.6 Å². The number of pyridine rings is 2. The Balaban J connectivity index is 1.23. The molecule has 29 heavy (non-hydrogen) atoms. The van der Waals surface area contributed by atoms with E-state index in [9.17, 15) is 4.79 Å². The van der Waals surface area contributed by atoms with Crippen LogP contribution < -0.4 is 5.32 Å². The van der Waals surface area contributed by atoms with Crippen LogP contribution in [0.4, 0.5) is 0 Å². The van der Waals surface area contributed by atoms with Crippen molar-refractivity contribution in [3.8, 4) is 0 Å². The number of piperidine rings is 2. The lowest BCUT2D eigenvalue weighted by Crippen LogP contribution is -2.50. The first-order chi connectivity index (χ1) is 14.3. The van der Waals surface area contributed by atoms with Gasteiger partial charge in [-0.1, -0.05) is 6.07 Å². The summed E-state index contributed by atoms with van der Waals surface area (Å²) in [7, 11) is 0. The van der Waals surface area contributed by atoms with E-state index in [2.05, 4.69) is 37.2 Å². The molecule has 2 aliphatic heterocycles. The average molecular weight is 394 g/mol. The fourth-order valence-corrected chi connectivity index (χ4v) is 4.58. The second-order valence-electron chi connectivity index (χ2n) is 8.28. The third-order valence-corrected chi connectivity index (χ3v) is 6.24. The molecule has 0 aliphatic carbocycles. The summed E-state index contributed by atoms with van der Waals surface area (Å²) in [5.74, 6) is 0.295. The Bertz CT molecular complexity index is 761. The summed E-state index contributed by atoms with van der Waals surface area (Å²) >= 11 is 0. The highest BCUT2D eigenvalue weighted by Gasteiger charge is 2.31. The van der Waals surface area contributed by atoms with Crippen molar-refractivity contribution in [1.29, 1.82) is 0 Å². The zero-order chi connectivity index (χ0) is 19.9. The normalized spacial score (nSPS) is 21.7. The Hall–Kier alpha value is -2.31. The van der Waals surface area contributed by atoms with Gasteiger partial charge in [0.15, 0.2) is 0 Å². The predicted molar refractivity (Wildman–Crippen MR) is 113 cm³/mol. The van der Waals surface area contributed by atoms with Crippen molar-refractivity contribution >= 4 is 5.91 Å². The summed E-state index contributed by atoms with van der Waals surface area (Å²) < 4.78 is 0. The molecule has 2 aliphatic rings. The van der Waals surface area contributed by atoms with E-state index in [1.807, 2.05) is 30.7 Å². The third kappa shape index (κ3) is 5.61. The fraction of sp³-hybridized carbons (Fsp3) is 0.522. The maximum absolute atomic E-state index is 12.7. The minimum atomic E-state index is 0.107. The molecule has 0 radical (unpaired) electrons. The second-order valence-corrected chi connectivity index (χ2v) is 8.28. The van der Waals surface area contributed by atoms with Crippen molar-refractivity contribution in [2.75, 3.05) is 26.2 Å². The number of likely N-dealkylation sites (tertiary alicyclic amines) is 2. The van der Waals surface area contributed by atoms with Crippen molar-refractivity contribution in [3.63, 3.8) is 0 Å². The number of carbonyl (C=O) groups is 1. The van der Waals surface area contributed by atoms with Crippen LogP contribution in [0.25, 0.3) is 0 Å². The van der Waals surface area contributed by atoms with E-state index in [1.165, 1.54) is 18.4 Å². The van der Waals surface area contributed by atoms with E-state index in [1.54, 1.807) is 6.20 Å². The van der Waals surface area contributed by atoms with Crippen molar-refractivity contribution < 1.29 is 4.79 Å². The summed E-state index contributed by atoms with van der Waals surface area (Å²) in [6, 6.07) is 8.72. The molecule has 4 rings (SSSR count). The van der Waals surface area contributed by atoms with Gasteiger partial charge < -0.3 is 5.32 Å². The van der Waals surface area contributed by atoms with Crippen LogP contribution in [0.3, 0.4) is 0 Å². The maximum Gasteiger partial charge on any atom is 0.224 e. The molecule has 1 amide bonds. The SMILES string of the molecule is O=C(NCc1cccnc1)[C@@H]1CCCN(C2CCN(Cc3ccncc3)CC2)C1. The quantitative estimate of drug-likeness (QED) is 0.817. The van der Waals surface area contributed by atoms with Gasteiger partial charge in [0.05, 0.1) is 5.92 Å². The molecule has 154 valence electrons. The van der Waals surface area contributed by atoms with Gasteiger partial charge in [-0.2, -0.15) is 0 Å². The van der Waals surface area contributed by atoms with Crippen LogP contribution in [0.2, 0.25) is 0 Å². The number of amides is 1. The van der Waals surface area contributed by atoms with Gasteiger partial charge in [-0.15, -0.1) is 0 Å². The van der Waals surface area contributed by atoms with E-state index in [-0.39, 0.29) is 11.8 Å². The zero-order valence-corrected chi connectivity index (χ0v) is 17.0. The van der Waals surface area contributed by atoms with E-state index in [0.717, 1.165) is 51.1 Å². The molecule has 0 aromatic carbocycles. The number of nitrogens with zero attached hydrogens (tertiary/aromatic N) is 4. The Morgan fingerprint density at radius 3 is 2.59 bits per heavy atom. The van der Waals surface area contributed by atoms with Crippen LogP contribution >= 0.6 is 0 Å². The Labute approximate surface area is 173 Å². The summed E-state index contributed by atoms with van der Waals surface area (Å²) in [5.41, 5.74) is 2.39. The van der Waals surface area contributed by atoms with Crippen LogP contribution in [0.1, 0.15) is 36.8 Å². The van der Waals surface area contributed by atoms with Gasteiger partial charge in [0.1, 0.15) is 0 Å². The Kier molecular flexibility index (Phi) is 6.85. The van der Waals surface area contributed by atoms with Crippen LogP contribution in [-0.2, 0) is 17.9 Å². The smallest absolute Gasteiger partial charge is 0.224 e. The first-order valence-electron chi connectivity index (χ1n) is 10.8. The Morgan fingerprint density at radius 2 is 1.83 bits per heavy atom. The number of hydrogen-bond donors (Lipinski definition) is 1. The number of carbonyl (C=O) groups excluding carboxylic acids is 1. The molecule has 2 aromatic rings. The van der Waals surface area contributed by atoms with Crippen LogP contribution in [0.15, 0.2) is 49.1 Å². The van der Waals surface area contributed by atoms with Gasteiger partial charge in [0, 0.05) is 50.5 Å². The second kappa shape index (κ2) is 9.94. The van der Waals surface area contributed by atoms with E-state index in [0.29, 0.717) is 12.6 Å². The number of aromatic nitrogens is 2. The lowest BCUT2D eigenvalue weighted by molar-refractivity contribution is -0.127. The lowest BCUT2D eigenvalue weighted by Gasteiger charge is -2.42. The van der Waals surface area contributed by atoms with Gasteiger partial charge in [-0.25, -0.2) is 0 Å². The minimum absolute atomic E-state index is 0.107. The molecule has 6 heteroatoms. The molecular formula is C23H31N5O. The molecule has 2 fully saturated rings. The molecule has 1 atom stereocenters. The van der Waals surface area contributed by atoms with Crippen molar-refractivity contribution in [3.05, 3.63) is 60.2 Å². The van der Waals surface area contributed by atoms with Crippen molar-refractivity contribution in [2.24, 2.45) is 5.92 Å². The Morgan fingerprint density at radius 1 is 1.00 bits per heavy atom. The number of nitrogens with one attached hydrogen (secondary N) is 1.